The lowest BCUT2D eigenvalue weighted by molar-refractivity contribution is -0.162. The molecule has 1 heterocycles. The predicted molar refractivity (Wildman–Crippen MR) is 80.6 cm³/mol. The van der Waals surface area contributed by atoms with Crippen molar-refractivity contribution < 1.29 is 23.9 Å². The highest BCUT2D eigenvalue weighted by atomic mass is 35.5. The third kappa shape index (κ3) is 4.41. The van der Waals surface area contributed by atoms with Crippen LogP contribution >= 0.6 is 12.4 Å². The predicted octanol–water partition coefficient (Wildman–Crippen LogP) is 0.304. The first-order chi connectivity index (χ1) is 9.98. The van der Waals surface area contributed by atoms with Crippen LogP contribution in [0.2, 0.25) is 0 Å². The molecule has 2 rings (SSSR count). The summed E-state index contributed by atoms with van der Waals surface area (Å²) in [6.07, 6.45) is 2.83. The number of esters is 3. The van der Waals surface area contributed by atoms with Gasteiger partial charge >= 0.3 is 17.9 Å². The molecule has 22 heavy (non-hydrogen) atoms. The highest BCUT2D eigenvalue weighted by molar-refractivity contribution is 5.92. The molecule has 0 bridgehead atoms. The molecule has 0 radical (unpaired) electrons. The molecular formula is C14H23ClN2O5. The first-order valence-electron chi connectivity index (χ1n) is 7.42. The van der Waals surface area contributed by atoms with E-state index in [2.05, 4.69) is 10.6 Å². The Morgan fingerprint density at radius 3 is 2.55 bits per heavy atom. The number of hydrogen-bond donors (Lipinski definition) is 2. The van der Waals surface area contributed by atoms with E-state index in [9.17, 15) is 14.4 Å². The Bertz CT molecular complexity index is 433. The Morgan fingerprint density at radius 1 is 1.36 bits per heavy atom. The first-order valence-corrected chi connectivity index (χ1v) is 7.42. The van der Waals surface area contributed by atoms with Crippen molar-refractivity contribution in [3.63, 3.8) is 0 Å². The molecule has 2 N–H and O–H groups in total. The fourth-order valence-corrected chi connectivity index (χ4v) is 2.42. The molecule has 0 aromatic rings. The Balaban J connectivity index is 0.00000242. The van der Waals surface area contributed by atoms with Crippen molar-refractivity contribution in [3.05, 3.63) is 0 Å². The lowest BCUT2D eigenvalue weighted by Crippen LogP contribution is -2.49. The number of rotatable bonds is 6. The number of ether oxygens (including phenoxy) is 2. The fraction of sp³-hybridized carbons (Fsp3) is 0.786. The fourth-order valence-electron chi connectivity index (χ4n) is 2.42. The maximum Gasteiger partial charge on any atom is 0.330 e. The van der Waals surface area contributed by atoms with Crippen LogP contribution in [0.5, 0.6) is 0 Å². The Morgan fingerprint density at radius 2 is 2.05 bits per heavy atom. The molecule has 0 spiro atoms. The molecule has 8 heteroatoms. The second kappa shape index (κ2) is 7.89. The number of halogens is 1. The van der Waals surface area contributed by atoms with Crippen molar-refractivity contribution in [1.29, 1.82) is 0 Å². The highest BCUT2D eigenvalue weighted by Gasteiger charge is 2.52. The maximum absolute atomic E-state index is 11.9. The van der Waals surface area contributed by atoms with Gasteiger partial charge in [-0.1, -0.05) is 0 Å². The van der Waals surface area contributed by atoms with Crippen molar-refractivity contribution in [1.82, 2.24) is 10.6 Å². The van der Waals surface area contributed by atoms with Gasteiger partial charge in [0, 0.05) is 0 Å². The summed E-state index contributed by atoms with van der Waals surface area (Å²) in [5.41, 5.74) is -0.789. The van der Waals surface area contributed by atoms with E-state index >= 15 is 0 Å². The first kappa shape index (κ1) is 18.9. The SMILES string of the molecule is CCOC(=O)C1(N[C@@H](C)C(=O)OC(=O)[C@@H]2CCCN2)CC1.Cl. The molecule has 0 aromatic carbocycles. The van der Waals surface area contributed by atoms with Gasteiger partial charge in [0.25, 0.3) is 0 Å². The van der Waals surface area contributed by atoms with Gasteiger partial charge in [0.05, 0.1) is 6.61 Å². The summed E-state index contributed by atoms with van der Waals surface area (Å²) < 4.78 is 9.84. The number of hydrogen-bond acceptors (Lipinski definition) is 7. The van der Waals surface area contributed by atoms with E-state index < -0.39 is 29.6 Å². The Labute approximate surface area is 135 Å². The van der Waals surface area contributed by atoms with E-state index in [1.54, 1.807) is 13.8 Å². The number of nitrogens with one attached hydrogen (secondary N) is 2. The van der Waals surface area contributed by atoms with Gasteiger partial charge in [-0.15, -0.1) is 12.4 Å². The van der Waals surface area contributed by atoms with Crippen molar-refractivity contribution >= 4 is 30.3 Å². The second-order valence-electron chi connectivity index (χ2n) is 5.56. The van der Waals surface area contributed by atoms with Gasteiger partial charge in [-0.25, -0.2) is 9.59 Å². The van der Waals surface area contributed by atoms with Crippen molar-refractivity contribution in [2.45, 2.75) is 57.2 Å². The zero-order valence-corrected chi connectivity index (χ0v) is 13.7. The second-order valence-corrected chi connectivity index (χ2v) is 5.56. The highest BCUT2D eigenvalue weighted by Crippen LogP contribution is 2.37. The van der Waals surface area contributed by atoms with Crippen LogP contribution in [-0.2, 0) is 23.9 Å². The summed E-state index contributed by atoms with van der Waals surface area (Å²) in [7, 11) is 0. The van der Waals surface area contributed by atoms with Crippen molar-refractivity contribution in [3.8, 4) is 0 Å². The molecule has 0 aromatic heterocycles. The van der Waals surface area contributed by atoms with Crippen LogP contribution in [-0.4, -0.2) is 48.7 Å². The average molecular weight is 335 g/mol. The third-order valence-electron chi connectivity index (χ3n) is 3.81. The molecule has 1 aliphatic carbocycles. The van der Waals surface area contributed by atoms with Crippen LogP contribution < -0.4 is 10.6 Å². The lowest BCUT2D eigenvalue weighted by atomic mass is 10.2. The van der Waals surface area contributed by atoms with Crippen molar-refractivity contribution in [2.24, 2.45) is 0 Å². The van der Waals surface area contributed by atoms with E-state index in [-0.39, 0.29) is 18.4 Å². The van der Waals surface area contributed by atoms with Gasteiger partial charge in [0.2, 0.25) is 0 Å². The van der Waals surface area contributed by atoms with Gasteiger partial charge in [0.15, 0.2) is 0 Å². The number of carbonyl (C=O) groups excluding carboxylic acids is 3. The standard InChI is InChI=1S/C14H22N2O5.ClH/c1-3-20-13(19)14(6-7-14)16-9(2)11(17)21-12(18)10-5-4-8-15-10;/h9-10,15-16H,3-8H2,1-2H3;1H/t9-,10-;/m0./s1. The summed E-state index contributed by atoms with van der Waals surface area (Å²) in [6.45, 7) is 4.37. The summed E-state index contributed by atoms with van der Waals surface area (Å²) in [4.78, 5) is 35.5. The molecule has 2 atom stereocenters. The monoisotopic (exact) mass is 334 g/mol. The van der Waals surface area contributed by atoms with Gasteiger partial charge < -0.3 is 14.8 Å². The average Bonchev–Trinajstić information content (AvgIpc) is 3.02. The van der Waals surface area contributed by atoms with Crippen LogP contribution in [0, 0.1) is 0 Å². The molecule has 2 aliphatic rings. The van der Waals surface area contributed by atoms with Gasteiger partial charge in [-0.3, -0.25) is 10.1 Å². The lowest BCUT2D eigenvalue weighted by Gasteiger charge is -2.20. The van der Waals surface area contributed by atoms with Crippen LogP contribution in [0.1, 0.15) is 39.5 Å². The van der Waals surface area contributed by atoms with E-state index in [4.69, 9.17) is 9.47 Å². The molecule has 1 aliphatic heterocycles. The minimum atomic E-state index is -0.789. The van der Waals surface area contributed by atoms with Gasteiger partial charge in [-0.2, -0.15) is 0 Å². The maximum atomic E-state index is 11.9. The zero-order chi connectivity index (χ0) is 15.5. The summed E-state index contributed by atoms with van der Waals surface area (Å²) in [5.74, 6) is -1.56. The third-order valence-corrected chi connectivity index (χ3v) is 3.81. The molecule has 7 nitrogen and oxygen atoms in total. The van der Waals surface area contributed by atoms with E-state index in [1.807, 2.05) is 0 Å². The Hall–Kier alpha value is -1.18. The molecule has 0 amide bonds. The van der Waals surface area contributed by atoms with E-state index in [1.165, 1.54) is 0 Å². The Kier molecular flexibility index (Phi) is 6.77. The van der Waals surface area contributed by atoms with Crippen LogP contribution in [0.15, 0.2) is 0 Å². The number of carbonyl (C=O) groups is 3. The quantitative estimate of drug-likeness (QED) is 0.533. The van der Waals surface area contributed by atoms with Crippen LogP contribution in [0.4, 0.5) is 0 Å². The normalized spacial score (nSPS) is 23.1. The largest absolute Gasteiger partial charge is 0.465 e. The van der Waals surface area contributed by atoms with Crippen LogP contribution in [0.25, 0.3) is 0 Å². The minimum absolute atomic E-state index is 0. The summed E-state index contributed by atoms with van der Waals surface area (Å²) in [5, 5.41) is 5.90. The molecule has 2 fully saturated rings. The van der Waals surface area contributed by atoms with Crippen LogP contribution in [0.3, 0.4) is 0 Å². The molecule has 0 unspecified atom stereocenters. The van der Waals surface area contributed by atoms with Gasteiger partial charge in [-0.05, 0) is 46.1 Å². The molecule has 1 saturated heterocycles. The summed E-state index contributed by atoms with van der Waals surface area (Å²) >= 11 is 0. The molecule has 126 valence electrons. The molecular weight excluding hydrogens is 312 g/mol. The van der Waals surface area contributed by atoms with E-state index in [0.717, 1.165) is 13.0 Å². The topological polar surface area (TPSA) is 93.7 Å². The molecule has 1 saturated carbocycles. The zero-order valence-electron chi connectivity index (χ0n) is 12.8. The van der Waals surface area contributed by atoms with E-state index in [0.29, 0.717) is 25.9 Å². The van der Waals surface area contributed by atoms with Crippen molar-refractivity contribution in [2.75, 3.05) is 13.2 Å². The smallest absolute Gasteiger partial charge is 0.330 e. The summed E-state index contributed by atoms with van der Waals surface area (Å²) in [6, 6.07) is -1.14. The van der Waals surface area contributed by atoms with Gasteiger partial charge in [0.1, 0.15) is 17.6 Å². The minimum Gasteiger partial charge on any atom is -0.465 e.